The number of Topliss-reactive ketones (excluding diaryl/α,β-unsaturated/α-hetero) is 1. The zero-order valence-corrected chi connectivity index (χ0v) is 22.5. The Morgan fingerprint density at radius 3 is 2.62 bits per heavy atom. The number of anilines is 1. The molecule has 0 spiro atoms. The SMILES string of the molecule is CC(=O)c1cc[n+](CC2=C(C(=O)O)N3C(=O)C(NC(=O)/C(=N\OC4CCCC4)c4nsc(N)n4)[C@H]3SC2)cc1. The number of carboxylic acids is 1. The van der Waals surface area contributed by atoms with Crippen LogP contribution in [0.25, 0.3) is 0 Å². The Morgan fingerprint density at radius 1 is 1.28 bits per heavy atom. The van der Waals surface area contributed by atoms with Crippen molar-refractivity contribution < 1.29 is 33.7 Å². The summed E-state index contributed by atoms with van der Waals surface area (Å²) < 4.78 is 5.81. The zero-order valence-electron chi connectivity index (χ0n) is 20.9. The molecular formula is C24H26N7O6S2+. The average molecular weight is 573 g/mol. The van der Waals surface area contributed by atoms with E-state index in [9.17, 15) is 24.3 Å². The third-order valence-electron chi connectivity index (χ3n) is 6.67. The van der Waals surface area contributed by atoms with Crippen molar-refractivity contribution in [1.82, 2.24) is 19.6 Å². The van der Waals surface area contributed by atoms with E-state index < -0.39 is 29.2 Å². The number of aromatic nitrogens is 3. The first-order valence-electron chi connectivity index (χ1n) is 12.3. The van der Waals surface area contributed by atoms with Crippen molar-refractivity contribution in [3.05, 3.63) is 47.2 Å². The maximum absolute atomic E-state index is 13.2. The van der Waals surface area contributed by atoms with Gasteiger partial charge in [0.25, 0.3) is 11.8 Å². The van der Waals surface area contributed by atoms with Crippen LogP contribution in [0.1, 0.15) is 48.8 Å². The molecule has 4 heterocycles. The predicted molar refractivity (Wildman–Crippen MR) is 141 cm³/mol. The van der Waals surface area contributed by atoms with Crippen molar-refractivity contribution in [3.63, 3.8) is 0 Å². The lowest BCUT2D eigenvalue weighted by molar-refractivity contribution is -0.689. The van der Waals surface area contributed by atoms with Crippen molar-refractivity contribution in [1.29, 1.82) is 0 Å². The standard InChI is InChI=1S/C24H25N7O6S2/c1-12(32)13-6-8-30(9-7-13)10-14-11-38-22-17(21(34)31(22)18(14)23(35)36)26-20(33)16(19-27-24(25)39-29-19)28-37-15-4-2-3-5-15/h6-9,15,17,22H,2-5,10-11H2,1H3,(H3-,25,26,27,29,33,35,36)/p+1/b28-16-/t17?,22-/m1/s1. The number of carbonyl (C=O) groups excluding carboxylic acids is 3. The Balaban J connectivity index is 1.32. The van der Waals surface area contributed by atoms with Crippen molar-refractivity contribution >= 4 is 57.7 Å². The molecule has 1 aliphatic carbocycles. The maximum atomic E-state index is 13.2. The molecule has 2 amide bonds. The average Bonchev–Trinajstić information content (AvgIpc) is 3.59. The van der Waals surface area contributed by atoms with Gasteiger partial charge >= 0.3 is 5.97 Å². The lowest BCUT2D eigenvalue weighted by atomic mass is 10.0. The van der Waals surface area contributed by atoms with Gasteiger partial charge in [-0.1, -0.05) is 5.16 Å². The highest BCUT2D eigenvalue weighted by Crippen LogP contribution is 2.40. The van der Waals surface area contributed by atoms with Crippen molar-refractivity contribution in [2.45, 2.75) is 56.7 Å². The van der Waals surface area contributed by atoms with Crippen molar-refractivity contribution in [2.75, 3.05) is 11.5 Å². The van der Waals surface area contributed by atoms with E-state index in [0.717, 1.165) is 37.2 Å². The number of nitrogen functional groups attached to an aromatic ring is 1. The van der Waals surface area contributed by atoms with Gasteiger partial charge in [0, 0.05) is 40.6 Å². The number of hydrogen-bond acceptors (Lipinski definition) is 11. The van der Waals surface area contributed by atoms with Crippen LogP contribution in [0.3, 0.4) is 0 Å². The third-order valence-corrected chi connectivity index (χ3v) is 8.55. The number of aliphatic carboxylic acids is 1. The van der Waals surface area contributed by atoms with Crippen LogP contribution in [-0.4, -0.2) is 71.9 Å². The number of hydrogen-bond donors (Lipinski definition) is 3. The number of ketones is 1. The fourth-order valence-corrected chi connectivity index (χ4v) is 6.44. The van der Waals surface area contributed by atoms with Crippen LogP contribution in [0.5, 0.6) is 0 Å². The van der Waals surface area contributed by atoms with Crippen LogP contribution in [0, 0.1) is 0 Å². The lowest BCUT2D eigenvalue weighted by Gasteiger charge is -2.49. The van der Waals surface area contributed by atoms with Crippen molar-refractivity contribution in [3.8, 4) is 0 Å². The Labute approximate surface area is 231 Å². The zero-order chi connectivity index (χ0) is 27.7. The number of carbonyl (C=O) groups is 4. The Bertz CT molecular complexity index is 1380. The quantitative estimate of drug-likeness (QED) is 0.127. The molecule has 2 aromatic rings. The predicted octanol–water partition coefficient (Wildman–Crippen LogP) is 0.713. The molecule has 2 fully saturated rings. The number of β-lactam (4-membered cyclic amide) rings is 1. The third kappa shape index (κ3) is 5.49. The monoisotopic (exact) mass is 572 g/mol. The highest BCUT2D eigenvalue weighted by Gasteiger charge is 2.55. The summed E-state index contributed by atoms with van der Waals surface area (Å²) in [6, 6.07) is 2.35. The Kier molecular flexibility index (Phi) is 7.61. The number of oxime groups is 1. The molecule has 2 aromatic heterocycles. The fraction of sp³-hybridized carbons (Fsp3) is 0.417. The summed E-state index contributed by atoms with van der Waals surface area (Å²) in [5, 5.41) is 16.2. The smallest absolute Gasteiger partial charge is 0.352 e. The number of carboxylic acid groups (broad SMARTS) is 1. The van der Waals surface area contributed by atoms with Gasteiger partial charge in [-0.25, -0.2) is 9.36 Å². The van der Waals surface area contributed by atoms with E-state index in [0.29, 0.717) is 16.9 Å². The lowest BCUT2D eigenvalue weighted by Crippen LogP contribution is -2.71. The molecule has 0 bridgehead atoms. The van der Waals surface area contributed by atoms with Crippen LogP contribution in [0.4, 0.5) is 5.13 Å². The van der Waals surface area contributed by atoms with Gasteiger partial charge in [0.1, 0.15) is 23.2 Å². The molecule has 5 rings (SSSR count). The normalized spacial score (nSPS) is 21.4. The number of rotatable bonds is 9. The second-order valence-electron chi connectivity index (χ2n) is 9.34. The van der Waals surface area contributed by atoms with Crippen molar-refractivity contribution in [2.24, 2.45) is 5.16 Å². The summed E-state index contributed by atoms with van der Waals surface area (Å²) in [5.41, 5.74) is 6.47. The molecule has 1 saturated carbocycles. The minimum Gasteiger partial charge on any atom is -0.477 e. The molecule has 2 aliphatic heterocycles. The van der Waals surface area contributed by atoms with E-state index in [1.54, 1.807) is 29.1 Å². The summed E-state index contributed by atoms with van der Waals surface area (Å²) in [6.45, 7) is 1.69. The highest BCUT2D eigenvalue weighted by molar-refractivity contribution is 8.00. The molecule has 1 saturated heterocycles. The summed E-state index contributed by atoms with van der Waals surface area (Å²) in [6.07, 6.45) is 6.94. The van der Waals surface area contributed by atoms with Crippen LogP contribution in [0.2, 0.25) is 0 Å². The molecule has 204 valence electrons. The van der Waals surface area contributed by atoms with Crippen LogP contribution in [0.15, 0.2) is 41.0 Å². The Hall–Kier alpha value is -3.85. The minimum atomic E-state index is -1.23. The summed E-state index contributed by atoms with van der Waals surface area (Å²) in [7, 11) is 0. The number of amides is 2. The second kappa shape index (κ2) is 11.1. The number of thioether (sulfide) groups is 1. The molecule has 3 aliphatic rings. The maximum Gasteiger partial charge on any atom is 0.352 e. The summed E-state index contributed by atoms with van der Waals surface area (Å²) >= 11 is 2.25. The molecule has 0 radical (unpaired) electrons. The number of pyridine rings is 1. The van der Waals surface area contributed by atoms with E-state index in [4.69, 9.17) is 10.6 Å². The molecule has 0 aromatic carbocycles. The largest absolute Gasteiger partial charge is 0.477 e. The number of nitrogens with one attached hydrogen (secondary N) is 1. The van der Waals surface area contributed by atoms with Crippen LogP contribution < -0.4 is 15.6 Å². The highest BCUT2D eigenvalue weighted by atomic mass is 32.2. The van der Waals surface area contributed by atoms with Gasteiger partial charge in [-0.15, -0.1) is 11.8 Å². The van der Waals surface area contributed by atoms with E-state index in [2.05, 4.69) is 19.8 Å². The van der Waals surface area contributed by atoms with Gasteiger partial charge < -0.3 is 21.0 Å². The first kappa shape index (κ1) is 26.7. The molecule has 2 atom stereocenters. The van der Waals surface area contributed by atoms with E-state index in [-0.39, 0.29) is 40.8 Å². The minimum absolute atomic E-state index is 0.00542. The molecule has 13 nitrogen and oxygen atoms in total. The second-order valence-corrected chi connectivity index (χ2v) is 11.2. The number of nitrogens with zero attached hydrogens (tertiary/aromatic N) is 5. The molecule has 15 heteroatoms. The Morgan fingerprint density at radius 2 is 2.00 bits per heavy atom. The fourth-order valence-electron chi connectivity index (χ4n) is 4.67. The van der Waals surface area contributed by atoms with Gasteiger partial charge in [-0.3, -0.25) is 19.3 Å². The number of nitrogens with two attached hydrogens (primary N) is 1. The van der Waals surface area contributed by atoms with Crippen LogP contribution >= 0.6 is 23.3 Å². The topological polar surface area (TPSA) is 181 Å². The summed E-state index contributed by atoms with van der Waals surface area (Å²) in [4.78, 5) is 60.9. The first-order chi connectivity index (χ1) is 18.7. The van der Waals surface area contributed by atoms with Gasteiger partial charge in [-0.05, 0) is 32.6 Å². The molecule has 4 N–H and O–H groups in total. The van der Waals surface area contributed by atoms with Gasteiger partial charge in [0.2, 0.25) is 11.5 Å². The van der Waals surface area contributed by atoms with Gasteiger partial charge in [0.15, 0.2) is 29.9 Å². The molecular weight excluding hydrogens is 546 g/mol. The number of fused-ring (bicyclic) bond motifs is 1. The summed E-state index contributed by atoms with van der Waals surface area (Å²) in [5.74, 6) is -2.24. The van der Waals surface area contributed by atoms with Crippen LogP contribution in [-0.2, 0) is 25.8 Å². The molecule has 1 unspecified atom stereocenters. The van der Waals surface area contributed by atoms with E-state index in [1.165, 1.54) is 23.6 Å². The molecule has 39 heavy (non-hydrogen) atoms. The van der Waals surface area contributed by atoms with Gasteiger partial charge in [-0.2, -0.15) is 9.36 Å². The van der Waals surface area contributed by atoms with Gasteiger partial charge in [0.05, 0.1) is 0 Å². The first-order valence-corrected chi connectivity index (χ1v) is 14.1. The van der Waals surface area contributed by atoms with E-state index in [1.807, 2.05) is 0 Å². The van der Waals surface area contributed by atoms with E-state index >= 15 is 0 Å².